The Hall–Kier alpha value is -1.10. The number of benzene rings is 1. The third kappa shape index (κ3) is 6.77. The Bertz CT molecular complexity index is 424. The van der Waals surface area contributed by atoms with Gasteiger partial charge in [0.1, 0.15) is 18.6 Å². The predicted molar refractivity (Wildman–Crippen MR) is 90.2 cm³/mol. The summed E-state index contributed by atoms with van der Waals surface area (Å²) >= 11 is 0. The first-order valence-electron chi connectivity index (χ1n) is 7.76. The lowest BCUT2D eigenvalue weighted by molar-refractivity contribution is 0.0688. The molecule has 5 heteroatoms. The van der Waals surface area contributed by atoms with E-state index in [1.165, 1.54) is 25.9 Å². The first kappa shape index (κ1) is 18.9. The van der Waals surface area contributed by atoms with E-state index in [1.54, 1.807) is 24.3 Å². The molecule has 4 nitrogen and oxygen atoms in total. The fraction of sp³-hybridized carbons (Fsp3) is 0.588. The summed E-state index contributed by atoms with van der Waals surface area (Å²) < 4.78 is 11.2. The molecule has 0 amide bonds. The van der Waals surface area contributed by atoms with Crippen LogP contribution in [0.4, 0.5) is 0 Å². The van der Waals surface area contributed by atoms with Gasteiger partial charge in [-0.2, -0.15) is 0 Å². The third-order valence-corrected chi connectivity index (χ3v) is 3.81. The van der Waals surface area contributed by atoms with Crippen molar-refractivity contribution in [3.8, 4) is 5.75 Å². The molecule has 0 spiro atoms. The first-order chi connectivity index (χ1) is 10.3. The number of halogens is 1. The van der Waals surface area contributed by atoms with Gasteiger partial charge in [0.2, 0.25) is 0 Å². The second-order valence-electron chi connectivity index (χ2n) is 5.70. The molecule has 22 heavy (non-hydrogen) atoms. The van der Waals surface area contributed by atoms with Crippen LogP contribution in [0.5, 0.6) is 5.75 Å². The molecular formula is C17H26ClNO3. The molecule has 124 valence electrons. The van der Waals surface area contributed by atoms with Crippen molar-refractivity contribution in [1.82, 2.24) is 4.90 Å². The number of ether oxygens (including phenoxy) is 2. The smallest absolute Gasteiger partial charge is 0.150 e. The average molecular weight is 328 g/mol. The second kappa shape index (κ2) is 10.6. The Kier molecular flexibility index (Phi) is 9.13. The summed E-state index contributed by atoms with van der Waals surface area (Å²) in [4.78, 5) is 13.0. The van der Waals surface area contributed by atoms with Crippen molar-refractivity contribution in [3.63, 3.8) is 0 Å². The van der Waals surface area contributed by atoms with E-state index in [1.807, 2.05) is 0 Å². The molecule has 1 saturated heterocycles. The summed E-state index contributed by atoms with van der Waals surface area (Å²) in [7, 11) is 0. The Morgan fingerprint density at radius 2 is 2.00 bits per heavy atom. The maximum Gasteiger partial charge on any atom is 0.150 e. The van der Waals surface area contributed by atoms with Gasteiger partial charge in [-0.05, 0) is 49.6 Å². The van der Waals surface area contributed by atoms with Gasteiger partial charge >= 0.3 is 0 Å². The molecule has 0 radical (unpaired) electrons. The Morgan fingerprint density at radius 3 is 2.68 bits per heavy atom. The van der Waals surface area contributed by atoms with E-state index in [-0.39, 0.29) is 12.4 Å². The van der Waals surface area contributed by atoms with Gasteiger partial charge in [-0.25, -0.2) is 0 Å². The highest BCUT2D eigenvalue weighted by atomic mass is 35.5. The lowest BCUT2D eigenvalue weighted by atomic mass is 10.0. The maximum atomic E-state index is 10.5. The molecule has 0 bridgehead atoms. The Labute approximate surface area is 139 Å². The molecule has 1 aliphatic rings. The van der Waals surface area contributed by atoms with Crippen LogP contribution in [0.2, 0.25) is 0 Å². The SMILES string of the molecule is CC1CCCN(CCOCCOc2ccc(C=O)cc2)C1.Cl. The number of piperidine rings is 1. The average Bonchev–Trinajstić information content (AvgIpc) is 2.51. The van der Waals surface area contributed by atoms with E-state index in [0.29, 0.717) is 18.8 Å². The molecule has 1 heterocycles. The lowest BCUT2D eigenvalue weighted by Gasteiger charge is -2.30. The van der Waals surface area contributed by atoms with Gasteiger partial charge in [-0.15, -0.1) is 12.4 Å². The number of rotatable bonds is 8. The van der Waals surface area contributed by atoms with Crippen molar-refractivity contribution in [2.45, 2.75) is 19.8 Å². The quantitative estimate of drug-likeness (QED) is 0.543. The van der Waals surface area contributed by atoms with E-state index in [4.69, 9.17) is 9.47 Å². The zero-order valence-corrected chi connectivity index (χ0v) is 14.0. The van der Waals surface area contributed by atoms with Crippen LogP contribution in [0.15, 0.2) is 24.3 Å². The minimum atomic E-state index is 0. The molecule has 0 aliphatic carbocycles. The standard InChI is InChI=1S/C17H25NO3.ClH/c1-15-3-2-8-18(13-15)9-10-20-11-12-21-17-6-4-16(14-19)5-7-17;/h4-7,14-15H,2-3,8-13H2,1H3;1H. The molecule has 1 fully saturated rings. The topological polar surface area (TPSA) is 38.8 Å². The van der Waals surface area contributed by atoms with Crippen molar-refractivity contribution in [3.05, 3.63) is 29.8 Å². The molecule has 1 atom stereocenters. The van der Waals surface area contributed by atoms with Crippen molar-refractivity contribution in [2.75, 3.05) is 39.5 Å². The molecule has 1 aliphatic heterocycles. The van der Waals surface area contributed by atoms with Gasteiger partial charge < -0.3 is 14.4 Å². The van der Waals surface area contributed by atoms with E-state index < -0.39 is 0 Å². The number of aldehydes is 1. The van der Waals surface area contributed by atoms with Crippen molar-refractivity contribution in [2.24, 2.45) is 5.92 Å². The van der Waals surface area contributed by atoms with Crippen LogP contribution in [-0.2, 0) is 4.74 Å². The van der Waals surface area contributed by atoms with Gasteiger partial charge in [0.05, 0.1) is 13.2 Å². The molecule has 1 unspecified atom stereocenters. The predicted octanol–water partition coefficient (Wildman–Crippen LogP) is 3.05. The highest BCUT2D eigenvalue weighted by Crippen LogP contribution is 2.14. The Balaban J connectivity index is 0.00000242. The fourth-order valence-electron chi connectivity index (χ4n) is 2.65. The summed E-state index contributed by atoms with van der Waals surface area (Å²) in [5.74, 6) is 1.59. The molecule has 2 rings (SSSR count). The van der Waals surface area contributed by atoms with Crippen LogP contribution in [0.25, 0.3) is 0 Å². The van der Waals surface area contributed by atoms with E-state index in [2.05, 4.69) is 11.8 Å². The number of carbonyl (C=O) groups is 1. The zero-order chi connectivity index (χ0) is 14.9. The Morgan fingerprint density at radius 1 is 1.23 bits per heavy atom. The van der Waals surface area contributed by atoms with Gasteiger partial charge in [0.25, 0.3) is 0 Å². The molecule has 0 saturated carbocycles. The fourth-order valence-corrected chi connectivity index (χ4v) is 2.65. The zero-order valence-electron chi connectivity index (χ0n) is 13.2. The minimum absolute atomic E-state index is 0. The molecule has 1 aromatic rings. The van der Waals surface area contributed by atoms with Crippen LogP contribution in [0.3, 0.4) is 0 Å². The summed E-state index contributed by atoms with van der Waals surface area (Å²) in [6.07, 6.45) is 3.49. The van der Waals surface area contributed by atoms with Crippen molar-refractivity contribution >= 4 is 18.7 Å². The molecule has 0 aromatic heterocycles. The van der Waals surface area contributed by atoms with E-state index in [9.17, 15) is 4.79 Å². The first-order valence-corrected chi connectivity index (χ1v) is 7.76. The highest BCUT2D eigenvalue weighted by Gasteiger charge is 2.15. The summed E-state index contributed by atoms with van der Waals surface area (Å²) in [5, 5.41) is 0. The van der Waals surface area contributed by atoms with Crippen molar-refractivity contribution in [1.29, 1.82) is 0 Å². The van der Waals surface area contributed by atoms with E-state index >= 15 is 0 Å². The number of hydrogen-bond donors (Lipinski definition) is 0. The van der Waals surface area contributed by atoms with Crippen molar-refractivity contribution < 1.29 is 14.3 Å². The summed E-state index contributed by atoms with van der Waals surface area (Å²) in [6, 6.07) is 7.11. The van der Waals surface area contributed by atoms with Gasteiger partial charge in [0.15, 0.2) is 0 Å². The van der Waals surface area contributed by atoms with Gasteiger partial charge in [-0.3, -0.25) is 4.79 Å². The van der Waals surface area contributed by atoms with E-state index in [0.717, 1.165) is 31.1 Å². The number of likely N-dealkylation sites (tertiary alicyclic amines) is 1. The van der Waals surface area contributed by atoms with Crippen LogP contribution >= 0.6 is 12.4 Å². The minimum Gasteiger partial charge on any atom is -0.491 e. The highest BCUT2D eigenvalue weighted by molar-refractivity contribution is 5.85. The molecular weight excluding hydrogens is 302 g/mol. The van der Waals surface area contributed by atoms with Gasteiger partial charge in [-0.1, -0.05) is 6.92 Å². The third-order valence-electron chi connectivity index (χ3n) is 3.81. The molecule has 1 aromatic carbocycles. The number of hydrogen-bond acceptors (Lipinski definition) is 4. The normalized spacial score (nSPS) is 18.5. The number of nitrogens with zero attached hydrogens (tertiary/aromatic N) is 1. The molecule has 0 N–H and O–H groups in total. The van der Waals surface area contributed by atoms with Crippen LogP contribution < -0.4 is 4.74 Å². The number of carbonyl (C=O) groups excluding carboxylic acids is 1. The summed E-state index contributed by atoms with van der Waals surface area (Å²) in [5.41, 5.74) is 0.661. The second-order valence-corrected chi connectivity index (χ2v) is 5.70. The maximum absolute atomic E-state index is 10.5. The monoisotopic (exact) mass is 327 g/mol. The van der Waals surface area contributed by atoms with Crippen LogP contribution in [0, 0.1) is 5.92 Å². The lowest BCUT2D eigenvalue weighted by Crippen LogP contribution is -2.36. The van der Waals surface area contributed by atoms with Crippen LogP contribution in [0.1, 0.15) is 30.1 Å². The van der Waals surface area contributed by atoms with Crippen LogP contribution in [-0.4, -0.2) is 50.6 Å². The largest absolute Gasteiger partial charge is 0.491 e. The van der Waals surface area contributed by atoms with Gasteiger partial charge in [0, 0.05) is 18.7 Å². The summed E-state index contributed by atoms with van der Waals surface area (Å²) in [6.45, 7) is 7.63.